The van der Waals surface area contributed by atoms with Gasteiger partial charge in [-0.15, -0.1) is 0 Å². The van der Waals surface area contributed by atoms with E-state index in [1.54, 1.807) is 13.0 Å². The zero-order valence-electron chi connectivity index (χ0n) is 9.89. The van der Waals surface area contributed by atoms with Crippen LogP contribution in [-0.4, -0.2) is 6.54 Å². The van der Waals surface area contributed by atoms with Gasteiger partial charge in [0.1, 0.15) is 5.83 Å². The summed E-state index contributed by atoms with van der Waals surface area (Å²) >= 11 is 0. The van der Waals surface area contributed by atoms with E-state index in [0.29, 0.717) is 12.1 Å². The van der Waals surface area contributed by atoms with Crippen LogP contribution in [-0.2, 0) is 0 Å². The van der Waals surface area contributed by atoms with Crippen LogP contribution in [0.5, 0.6) is 0 Å². The Morgan fingerprint density at radius 1 is 1.43 bits per heavy atom. The molecule has 0 aromatic heterocycles. The van der Waals surface area contributed by atoms with Crippen LogP contribution < -0.4 is 5.73 Å². The van der Waals surface area contributed by atoms with E-state index in [2.05, 4.69) is 0 Å². The fraction of sp³-hybridized carbons (Fsp3) is 0.667. The lowest BCUT2D eigenvalue weighted by molar-refractivity contribution is 0.488. The second-order valence-electron chi connectivity index (χ2n) is 4.78. The van der Waals surface area contributed by atoms with Gasteiger partial charge in [-0.1, -0.05) is 33.8 Å². The van der Waals surface area contributed by atoms with E-state index in [1.807, 2.05) is 33.8 Å². The molecule has 0 unspecified atom stereocenters. The van der Waals surface area contributed by atoms with Crippen molar-refractivity contribution in [2.45, 2.75) is 34.6 Å². The fourth-order valence-electron chi connectivity index (χ4n) is 1.14. The second kappa shape index (κ2) is 5.30. The van der Waals surface area contributed by atoms with E-state index in [4.69, 9.17) is 5.73 Å². The van der Waals surface area contributed by atoms with Gasteiger partial charge in [0.05, 0.1) is 0 Å². The van der Waals surface area contributed by atoms with Crippen molar-refractivity contribution in [1.29, 1.82) is 0 Å². The fourth-order valence-corrected chi connectivity index (χ4v) is 1.14. The topological polar surface area (TPSA) is 26.0 Å². The number of hydrogen-bond donors (Lipinski definition) is 1. The van der Waals surface area contributed by atoms with Gasteiger partial charge in [-0.05, 0) is 29.9 Å². The van der Waals surface area contributed by atoms with E-state index in [-0.39, 0.29) is 17.2 Å². The highest BCUT2D eigenvalue weighted by Crippen LogP contribution is 2.22. The highest BCUT2D eigenvalue weighted by atomic mass is 19.1. The summed E-state index contributed by atoms with van der Waals surface area (Å²) in [7, 11) is 0. The van der Waals surface area contributed by atoms with Gasteiger partial charge in [0.2, 0.25) is 0 Å². The number of hydrogen-bond acceptors (Lipinski definition) is 1. The average Bonchev–Trinajstić information content (AvgIpc) is 2.02. The first kappa shape index (κ1) is 13.4. The van der Waals surface area contributed by atoms with E-state index < -0.39 is 0 Å². The molecule has 1 nitrogen and oxygen atoms in total. The molecule has 0 aromatic carbocycles. The van der Waals surface area contributed by atoms with Crippen LogP contribution in [0.2, 0.25) is 0 Å². The van der Waals surface area contributed by atoms with Crippen LogP contribution in [0.1, 0.15) is 34.6 Å². The summed E-state index contributed by atoms with van der Waals surface area (Å²) in [6.07, 6.45) is 3.51. The van der Waals surface area contributed by atoms with Crippen LogP contribution in [0.25, 0.3) is 0 Å². The molecule has 0 rings (SSSR count). The van der Waals surface area contributed by atoms with E-state index in [9.17, 15) is 4.39 Å². The molecule has 0 heterocycles. The molecule has 0 bridgehead atoms. The molecule has 0 saturated carbocycles. The molecule has 14 heavy (non-hydrogen) atoms. The molecular formula is C12H22FN. The van der Waals surface area contributed by atoms with Crippen LogP contribution in [0.4, 0.5) is 4.39 Å². The molecule has 0 spiro atoms. The lowest BCUT2D eigenvalue weighted by atomic mass is 9.91. The molecule has 0 saturated heterocycles. The highest BCUT2D eigenvalue weighted by molar-refractivity contribution is 5.25. The van der Waals surface area contributed by atoms with E-state index >= 15 is 0 Å². The SMILES string of the molecule is CC(=C/C(C)(C)CN)/C(F)=C\C(C)C. The largest absolute Gasteiger partial charge is 0.330 e. The Labute approximate surface area is 86.9 Å². The Hall–Kier alpha value is -0.630. The first-order valence-electron chi connectivity index (χ1n) is 5.05. The minimum absolute atomic E-state index is 0.133. The standard InChI is InChI=1S/C12H22FN/c1-9(2)6-11(13)10(3)7-12(4,5)8-14/h6-7,9H,8,14H2,1-5H3/b10-7-,11-6+. The maximum absolute atomic E-state index is 13.5. The monoisotopic (exact) mass is 199 g/mol. The van der Waals surface area contributed by atoms with Gasteiger partial charge >= 0.3 is 0 Å². The van der Waals surface area contributed by atoms with Crippen LogP contribution in [0.3, 0.4) is 0 Å². The third-order valence-electron chi connectivity index (χ3n) is 1.99. The molecular weight excluding hydrogens is 177 g/mol. The Morgan fingerprint density at radius 3 is 2.29 bits per heavy atom. The highest BCUT2D eigenvalue weighted by Gasteiger charge is 2.13. The summed E-state index contributed by atoms with van der Waals surface area (Å²) in [6.45, 7) is 10.2. The van der Waals surface area contributed by atoms with Crippen LogP contribution in [0, 0.1) is 11.3 Å². The van der Waals surface area contributed by atoms with Gasteiger partial charge in [0.25, 0.3) is 0 Å². The number of nitrogens with two attached hydrogens (primary N) is 1. The Kier molecular flexibility index (Phi) is 5.06. The minimum atomic E-state index is -0.137. The molecule has 0 fully saturated rings. The predicted octanol–water partition coefficient (Wildman–Crippen LogP) is 3.43. The van der Waals surface area contributed by atoms with Gasteiger partial charge in [-0.3, -0.25) is 0 Å². The maximum atomic E-state index is 13.5. The molecule has 0 aliphatic carbocycles. The maximum Gasteiger partial charge on any atom is 0.122 e. The summed E-state index contributed by atoms with van der Waals surface area (Å²) in [5.74, 6) is 0.0980. The third kappa shape index (κ3) is 5.18. The molecule has 0 aliphatic rings. The zero-order valence-corrected chi connectivity index (χ0v) is 9.89. The molecule has 2 heteroatoms. The second-order valence-corrected chi connectivity index (χ2v) is 4.78. The molecule has 0 aliphatic heterocycles. The number of allylic oxidation sites excluding steroid dienone is 3. The number of rotatable bonds is 4. The molecule has 82 valence electrons. The number of halogens is 1. The summed E-state index contributed by atoms with van der Waals surface area (Å²) in [6, 6.07) is 0. The first-order chi connectivity index (χ1) is 6.28. The molecule has 0 radical (unpaired) electrons. The van der Waals surface area contributed by atoms with Crippen LogP contribution in [0.15, 0.2) is 23.6 Å². The van der Waals surface area contributed by atoms with E-state index in [0.717, 1.165) is 0 Å². The zero-order chi connectivity index (χ0) is 11.4. The molecule has 0 atom stereocenters. The quantitative estimate of drug-likeness (QED) is 0.690. The van der Waals surface area contributed by atoms with Crippen molar-refractivity contribution in [1.82, 2.24) is 0 Å². The lowest BCUT2D eigenvalue weighted by Crippen LogP contribution is -2.21. The lowest BCUT2D eigenvalue weighted by Gasteiger charge is -2.18. The summed E-state index contributed by atoms with van der Waals surface area (Å²) in [4.78, 5) is 0. The smallest absolute Gasteiger partial charge is 0.122 e. The average molecular weight is 199 g/mol. The molecule has 2 N–H and O–H groups in total. The van der Waals surface area contributed by atoms with Crippen molar-refractivity contribution in [3.63, 3.8) is 0 Å². The Bertz CT molecular complexity index is 237. The molecule has 0 aromatic rings. The van der Waals surface area contributed by atoms with Crippen molar-refractivity contribution in [3.8, 4) is 0 Å². The normalized spacial score (nSPS) is 15.1. The van der Waals surface area contributed by atoms with Crippen molar-refractivity contribution in [3.05, 3.63) is 23.6 Å². The Morgan fingerprint density at radius 2 is 1.93 bits per heavy atom. The predicted molar refractivity (Wildman–Crippen MR) is 60.6 cm³/mol. The van der Waals surface area contributed by atoms with Gasteiger partial charge in [-0.2, -0.15) is 0 Å². The van der Waals surface area contributed by atoms with E-state index in [1.165, 1.54) is 0 Å². The first-order valence-corrected chi connectivity index (χ1v) is 5.05. The van der Waals surface area contributed by atoms with Crippen molar-refractivity contribution < 1.29 is 4.39 Å². The van der Waals surface area contributed by atoms with Gasteiger partial charge in [-0.25, -0.2) is 4.39 Å². The van der Waals surface area contributed by atoms with Gasteiger partial charge in [0.15, 0.2) is 0 Å². The summed E-state index contributed by atoms with van der Waals surface area (Å²) in [5, 5.41) is 0. The van der Waals surface area contributed by atoms with Gasteiger partial charge in [0, 0.05) is 6.54 Å². The minimum Gasteiger partial charge on any atom is -0.330 e. The van der Waals surface area contributed by atoms with Gasteiger partial charge < -0.3 is 5.73 Å². The van der Waals surface area contributed by atoms with Crippen molar-refractivity contribution >= 4 is 0 Å². The third-order valence-corrected chi connectivity index (χ3v) is 1.99. The summed E-state index contributed by atoms with van der Waals surface area (Å²) < 4.78 is 13.5. The summed E-state index contributed by atoms with van der Waals surface area (Å²) in [5.41, 5.74) is 6.11. The Balaban J connectivity index is 4.69. The van der Waals surface area contributed by atoms with Crippen LogP contribution >= 0.6 is 0 Å². The van der Waals surface area contributed by atoms with Crippen molar-refractivity contribution in [2.24, 2.45) is 17.1 Å². The molecule has 0 amide bonds. The van der Waals surface area contributed by atoms with Crippen molar-refractivity contribution in [2.75, 3.05) is 6.54 Å².